The van der Waals surface area contributed by atoms with Crippen LogP contribution in [0.5, 0.6) is 0 Å². The molecule has 0 saturated carbocycles. The highest BCUT2D eigenvalue weighted by Crippen LogP contribution is 2.14. The molecule has 23 heavy (non-hydrogen) atoms. The second-order valence-corrected chi connectivity index (χ2v) is 5.34. The van der Waals surface area contributed by atoms with Crippen LogP contribution in [0.1, 0.15) is 17.2 Å². The zero-order valence-electron chi connectivity index (χ0n) is 12.5. The highest BCUT2D eigenvalue weighted by molar-refractivity contribution is 6.30. The summed E-state index contributed by atoms with van der Waals surface area (Å²) in [6, 6.07) is 15.5. The summed E-state index contributed by atoms with van der Waals surface area (Å²) in [6.45, 7) is 3.76. The first-order chi connectivity index (χ1) is 11.1. The molecule has 1 atom stereocenters. The zero-order chi connectivity index (χ0) is 16.7. The van der Waals surface area contributed by atoms with Gasteiger partial charge in [0, 0.05) is 11.6 Å². The molecule has 0 aliphatic heterocycles. The average molecular weight is 329 g/mol. The highest BCUT2D eigenvalue weighted by atomic mass is 35.5. The Morgan fingerprint density at radius 2 is 1.74 bits per heavy atom. The van der Waals surface area contributed by atoms with Gasteiger partial charge in [-0.15, -0.1) is 0 Å². The lowest BCUT2D eigenvalue weighted by molar-refractivity contribution is -0.127. The molecular formula is C18H17ClN2O2. The van der Waals surface area contributed by atoms with Crippen LogP contribution in [0.15, 0.2) is 67.3 Å². The van der Waals surface area contributed by atoms with Crippen LogP contribution in [0.25, 0.3) is 0 Å². The molecule has 1 unspecified atom stereocenters. The first-order valence-electron chi connectivity index (χ1n) is 7.10. The van der Waals surface area contributed by atoms with Crippen LogP contribution in [0, 0.1) is 0 Å². The Bertz CT molecular complexity index is 684. The predicted octanol–water partition coefficient (Wildman–Crippen LogP) is 3.00. The number of hydrogen-bond donors (Lipinski definition) is 2. The molecule has 0 radical (unpaired) electrons. The van der Waals surface area contributed by atoms with Gasteiger partial charge in [-0.25, -0.2) is 0 Å². The van der Waals surface area contributed by atoms with E-state index in [1.54, 1.807) is 24.3 Å². The fourth-order valence-electron chi connectivity index (χ4n) is 2.04. The lowest BCUT2D eigenvalue weighted by Crippen LogP contribution is -2.39. The number of halogens is 1. The van der Waals surface area contributed by atoms with Crippen molar-refractivity contribution in [2.24, 2.45) is 0 Å². The van der Waals surface area contributed by atoms with Crippen LogP contribution in [0.2, 0.25) is 5.02 Å². The maximum atomic E-state index is 12.4. The molecule has 0 aliphatic carbocycles. The van der Waals surface area contributed by atoms with Gasteiger partial charge in [0.25, 0.3) is 0 Å². The number of benzene rings is 2. The SMILES string of the molecule is C=CC(=O)NC(C(=O)NCc1ccc(Cl)cc1)c1ccccc1. The highest BCUT2D eigenvalue weighted by Gasteiger charge is 2.21. The lowest BCUT2D eigenvalue weighted by atomic mass is 10.1. The normalized spacial score (nSPS) is 11.3. The fraction of sp³-hybridized carbons (Fsp3) is 0.111. The van der Waals surface area contributed by atoms with E-state index in [1.165, 1.54) is 0 Å². The van der Waals surface area contributed by atoms with Gasteiger partial charge >= 0.3 is 0 Å². The molecule has 0 saturated heterocycles. The number of rotatable bonds is 6. The second kappa shape index (κ2) is 8.15. The molecule has 0 spiro atoms. The van der Waals surface area contributed by atoms with Crippen molar-refractivity contribution in [3.05, 3.63) is 83.4 Å². The first kappa shape index (κ1) is 16.8. The summed E-state index contributed by atoms with van der Waals surface area (Å²) in [4.78, 5) is 24.0. The monoisotopic (exact) mass is 328 g/mol. The van der Waals surface area contributed by atoms with Gasteiger partial charge in [0.1, 0.15) is 6.04 Å². The molecule has 2 aromatic rings. The number of amides is 2. The molecular weight excluding hydrogens is 312 g/mol. The van der Waals surface area contributed by atoms with Gasteiger partial charge in [-0.1, -0.05) is 60.6 Å². The van der Waals surface area contributed by atoms with E-state index in [9.17, 15) is 9.59 Å². The Kier molecular flexibility index (Phi) is 5.94. The van der Waals surface area contributed by atoms with E-state index in [-0.39, 0.29) is 5.91 Å². The molecule has 2 amide bonds. The van der Waals surface area contributed by atoms with Crippen molar-refractivity contribution in [1.29, 1.82) is 0 Å². The van der Waals surface area contributed by atoms with E-state index < -0.39 is 11.9 Å². The Morgan fingerprint density at radius 3 is 2.35 bits per heavy atom. The summed E-state index contributed by atoms with van der Waals surface area (Å²) in [5, 5.41) is 6.09. The number of carbonyl (C=O) groups excluding carboxylic acids is 2. The van der Waals surface area contributed by atoms with Crippen LogP contribution >= 0.6 is 11.6 Å². The first-order valence-corrected chi connectivity index (χ1v) is 7.48. The van der Waals surface area contributed by atoms with E-state index >= 15 is 0 Å². The predicted molar refractivity (Wildman–Crippen MR) is 90.8 cm³/mol. The van der Waals surface area contributed by atoms with E-state index in [1.807, 2.05) is 30.3 Å². The largest absolute Gasteiger partial charge is 0.350 e. The Morgan fingerprint density at radius 1 is 1.09 bits per heavy atom. The molecule has 0 bridgehead atoms. The van der Waals surface area contributed by atoms with E-state index in [0.29, 0.717) is 17.1 Å². The molecule has 5 heteroatoms. The van der Waals surface area contributed by atoms with E-state index in [4.69, 9.17) is 11.6 Å². The lowest BCUT2D eigenvalue weighted by Gasteiger charge is -2.18. The molecule has 4 nitrogen and oxygen atoms in total. The van der Waals surface area contributed by atoms with Gasteiger partial charge in [0.05, 0.1) is 0 Å². The van der Waals surface area contributed by atoms with Gasteiger partial charge in [-0.2, -0.15) is 0 Å². The van der Waals surface area contributed by atoms with Gasteiger partial charge in [0.15, 0.2) is 0 Å². The quantitative estimate of drug-likeness (QED) is 0.801. The van der Waals surface area contributed by atoms with Crippen LogP contribution in [0.3, 0.4) is 0 Å². The minimum absolute atomic E-state index is 0.290. The van der Waals surface area contributed by atoms with Gasteiger partial charge in [-0.05, 0) is 29.3 Å². The fourth-order valence-corrected chi connectivity index (χ4v) is 2.17. The van der Waals surface area contributed by atoms with Crippen molar-refractivity contribution in [2.45, 2.75) is 12.6 Å². The molecule has 2 N–H and O–H groups in total. The standard InChI is InChI=1S/C18H17ClN2O2/c1-2-16(22)21-17(14-6-4-3-5-7-14)18(23)20-12-13-8-10-15(19)11-9-13/h2-11,17H,1,12H2,(H,20,23)(H,21,22). The Labute approximate surface area is 140 Å². The van der Waals surface area contributed by atoms with Crippen LogP contribution in [0.4, 0.5) is 0 Å². The third-order valence-electron chi connectivity index (χ3n) is 3.25. The molecule has 0 aromatic heterocycles. The summed E-state index contributed by atoms with van der Waals surface area (Å²) in [6.07, 6.45) is 1.14. The molecule has 118 valence electrons. The van der Waals surface area contributed by atoms with Crippen molar-refractivity contribution in [3.8, 4) is 0 Å². The van der Waals surface area contributed by atoms with Gasteiger partial charge < -0.3 is 10.6 Å². The van der Waals surface area contributed by atoms with Crippen molar-refractivity contribution in [1.82, 2.24) is 10.6 Å². The number of hydrogen-bond acceptors (Lipinski definition) is 2. The average Bonchev–Trinajstić information content (AvgIpc) is 2.59. The third kappa shape index (κ3) is 4.97. The molecule has 0 aliphatic rings. The number of nitrogens with one attached hydrogen (secondary N) is 2. The Balaban J connectivity index is 2.08. The van der Waals surface area contributed by atoms with E-state index in [2.05, 4.69) is 17.2 Å². The van der Waals surface area contributed by atoms with Crippen molar-refractivity contribution in [2.75, 3.05) is 0 Å². The summed E-state index contributed by atoms with van der Waals surface area (Å²) in [5.41, 5.74) is 1.63. The van der Waals surface area contributed by atoms with Crippen molar-refractivity contribution in [3.63, 3.8) is 0 Å². The maximum Gasteiger partial charge on any atom is 0.247 e. The molecule has 2 aromatic carbocycles. The number of carbonyl (C=O) groups is 2. The smallest absolute Gasteiger partial charge is 0.247 e. The molecule has 0 fully saturated rings. The van der Waals surface area contributed by atoms with Crippen LogP contribution in [-0.4, -0.2) is 11.8 Å². The molecule has 2 rings (SSSR count). The van der Waals surface area contributed by atoms with Crippen molar-refractivity contribution < 1.29 is 9.59 Å². The minimum Gasteiger partial charge on any atom is -0.350 e. The minimum atomic E-state index is -0.769. The van der Waals surface area contributed by atoms with Crippen molar-refractivity contribution >= 4 is 23.4 Å². The summed E-state index contributed by atoms with van der Waals surface area (Å²) >= 11 is 5.83. The van der Waals surface area contributed by atoms with E-state index in [0.717, 1.165) is 11.6 Å². The molecule has 0 heterocycles. The topological polar surface area (TPSA) is 58.2 Å². The second-order valence-electron chi connectivity index (χ2n) is 4.90. The summed E-state index contributed by atoms with van der Waals surface area (Å²) < 4.78 is 0. The van der Waals surface area contributed by atoms with Crippen LogP contribution < -0.4 is 10.6 Å². The Hall–Kier alpha value is -2.59. The summed E-state index contributed by atoms with van der Waals surface area (Å²) in [5.74, 6) is -0.693. The third-order valence-corrected chi connectivity index (χ3v) is 3.50. The van der Waals surface area contributed by atoms with Gasteiger partial charge in [-0.3, -0.25) is 9.59 Å². The van der Waals surface area contributed by atoms with Crippen LogP contribution in [-0.2, 0) is 16.1 Å². The zero-order valence-corrected chi connectivity index (χ0v) is 13.2. The summed E-state index contributed by atoms with van der Waals surface area (Å²) in [7, 11) is 0. The maximum absolute atomic E-state index is 12.4. The van der Waals surface area contributed by atoms with Gasteiger partial charge in [0.2, 0.25) is 11.8 Å².